The van der Waals surface area contributed by atoms with Crippen LogP contribution in [0.25, 0.3) is 0 Å². The molecule has 1 rings (SSSR count). The molecule has 0 amide bonds. The van der Waals surface area contributed by atoms with Gasteiger partial charge in [0.2, 0.25) is 0 Å². The lowest BCUT2D eigenvalue weighted by Gasteiger charge is -2.05. The molecule has 1 aromatic rings. The minimum absolute atomic E-state index is 0.475. The molecule has 4 nitrogen and oxygen atoms in total. The Labute approximate surface area is 86.5 Å². The van der Waals surface area contributed by atoms with Gasteiger partial charge in [0.15, 0.2) is 0 Å². The van der Waals surface area contributed by atoms with Crippen LogP contribution in [0.3, 0.4) is 0 Å². The summed E-state index contributed by atoms with van der Waals surface area (Å²) < 4.78 is 0. The van der Waals surface area contributed by atoms with Crippen molar-refractivity contribution in [2.45, 2.75) is 17.4 Å². The number of carbonyl (C=O) groups is 1. The van der Waals surface area contributed by atoms with E-state index in [0.717, 1.165) is 4.90 Å². The van der Waals surface area contributed by atoms with Crippen LogP contribution in [0.2, 0.25) is 0 Å². The molecule has 0 spiro atoms. The summed E-state index contributed by atoms with van der Waals surface area (Å²) in [5, 5.41) is 8.53. The first-order chi connectivity index (χ1) is 6.70. The van der Waals surface area contributed by atoms with E-state index in [4.69, 9.17) is 10.8 Å². The summed E-state index contributed by atoms with van der Waals surface area (Å²) in [6, 6.07) is 3.01. The fourth-order valence-electron chi connectivity index (χ4n) is 0.862. The summed E-state index contributed by atoms with van der Waals surface area (Å²) in [5.74, 6) is -0.238. The van der Waals surface area contributed by atoms with Crippen molar-refractivity contribution in [3.05, 3.63) is 24.5 Å². The van der Waals surface area contributed by atoms with Gasteiger partial charge in [-0.2, -0.15) is 0 Å². The molecule has 0 radical (unpaired) electrons. The number of hydrogen-bond acceptors (Lipinski definition) is 4. The van der Waals surface area contributed by atoms with Crippen LogP contribution < -0.4 is 5.73 Å². The van der Waals surface area contributed by atoms with E-state index in [0.29, 0.717) is 12.2 Å². The molecule has 5 heteroatoms. The lowest BCUT2D eigenvalue weighted by molar-refractivity contribution is -0.138. The van der Waals surface area contributed by atoms with Crippen LogP contribution >= 0.6 is 11.8 Å². The number of carboxylic acid groups (broad SMARTS) is 1. The second-order valence-corrected chi connectivity index (χ2v) is 3.93. The van der Waals surface area contributed by atoms with Crippen LogP contribution in [0, 0.1) is 0 Å². The van der Waals surface area contributed by atoms with E-state index < -0.39 is 12.0 Å². The topological polar surface area (TPSA) is 76.2 Å². The molecule has 0 aliphatic carbocycles. The van der Waals surface area contributed by atoms with Gasteiger partial charge in [0.1, 0.15) is 6.04 Å². The molecule has 14 heavy (non-hydrogen) atoms. The lowest BCUT2D eigenvalue weighted by atomic mass is 10.2. The molecular formula is C9H12N2O2S. The Morgan fingerprint density at radius 2 is 2.21 bits per heavy atom. The van der Waals surface area contributed by atoms with Crippen LogP contribution in [0.4, 0.5) is 0 Å². The van der Waals surface area contributed by atoms with Crippen LogP contribution in [-0.2, 0) is 4.79 Å². The van der Waals surface area contributed by atoms with Gasteiger partial charge < -0.3 is 10.8 Å². The molecule has 0 saturated heterocycles. The van der Waals surface area contributed by atoms with Crippen molar-refractivity contribution >= 4 is 17.7 Å². The van der Waals surface area contributed by atoms with E-state index in [1.807, 2.05) is 12.1 Å². The lowest BCUT2D eigenvalue weighted by Crippen LogP contribution is -2.30. The summed E-state index contributed by atoms with van der Waals surface area (Å²) in [4.78, 5) is 15.4. The Kier molecular flexibility index (Phi) is 4.42. The number of pyridine rings is 1. The minimum atomic E-state index is -0.944. The molecule has 1 atom stereocenters. The average Bonchev–Trinajstić information content (AvgIpc) is 2.19. The highest BCUT2D eigenvalue weighted by Gasteiger charge is 2.10. The van der Waals surface area contributed by atoms with Gasteiger partial charge in [-0.3, -0.25) is 9.78 Å². The van der Waals surface area contributed by atoms with Gasteiger partial charge >= 0.3 is 5.97 Å². The molecule has 76 valence electrons. The summed E-state index contributed by atoms with van der Waals surface area (Å²) in [6.07, 6.45) is 3.89. The van der Waals surface area contributed by atoms with E-state index in [-0.39, 0.29) is 0 Å². The summed E-state index contributed by atoms with van der Waals surface area (Å²) >= 11 is 1.58. The first-order valence-electron chi connectivity index (χ1n) is 4.21. The molecule has 0 bridgehead atoms. The normalized spacial score (nSPS) is 12.4. The molecule has 0 aromatic carbocycles. The number of aromatic nitrogens is 1. The molecule has 0 aliphatic heterocycles. The second kappa shape index (κ2) is 5.62. The highest BCUT2D eigenvalue weighted by Crippen LogP contribution is 2.17. The van der Waals surface area contributed by atoms with Crippen molar-refractivity contribution in [3.63, 3.8) is 0 Å². The van der Waals surface area contributed by atoms with Crippen LogP contribution in [0.5, 0.6) is 0 Å². The van der Waals surface area contributed by atoms with Gasteiger partial charge in [-0.05, 0) is 18.6 Å². The SMILES string of the molecule is NC(CCSc1ccncc1)C(=O)O. The summed E-state index contributed by atoms with van der Waals surface area (Å²) in [7, 11) is 0. The van der Waals surface area contributed by atoms with E-state index in [1.165, 1.54) is 0 Å². The average molecular weight is 212 g/mol. The van der Waals surface area contributed by atoms with Crippen molar-refractivity contribution in [1.82, 2.24) is 4.98 Å². The zero-order valence-corrected chi connectivity index (χ0v) is 8.41. The molecule has 1 aromatic heterocycles. The number of carboxylic acids is 1. The third-order valence-electron chi connectivity index (χ3n) is 1.66. The third kappa shape index (κ3) is 3.76. The Hall–Kier alpha value is -1.07. The number of thioether (sulfide) groups is 1. The molecule has 0 saturated carbocycles. The smallest absolute Gasteiger partial charge is 0.320 e. The Balaban J connectivity index is 2.26. The first-order valence-corrected chi connectivity index (χ1v) is 5.20. The number of nitrogens with two attached hydrogens (primary N) is 1. The van der Waals surface area contributed by atoms with Crippen molar-refractivity contribution in [2.24, 2.45) is 5.73 Å². The summed E-state index contributed by atoms with van der Waals surface area (Å²) in [6.45, 7) is 0. The second-order valence-electron chi connectivity index (χ2n) is 2.76. The van der Waals surface area contributed by atoms with E-state index in [1.54, 1.807) is 24.2 Å². The minimum Gasteiger partial charge on any atom is -0.480 e. The molecular weight excluding hydrogens is 200 g/mol. The van der Waals surface area contributed by atoms with E-state index >= 15 is 0 Å². The van der Waals surface area contributed by atoms with E-state index in [2.05, 4.69) is 4.98 Å². The van der Waals surface area contributed by atoms with Gasteiger partial charge in [-0.25, -0.2) is 0 Å². The van der Waals surface area contributed by atoms with Crippen molar-refractivity contribution in [1.29, 1.82) is 0 Å². The maximum absolute atomic E-state index is 10.4. The zero-order chi connectivity index (χ0) is 10.4. The molecule has 3 N–H and O–H groups in total. The number of aliphatic carboxylic acids is 1. The quantitative estimate of drug-likeness (QED) is 0.711. The highest BCUT2D eigenvalue weighted by atomic mass is 32.2. The van der Waals surface area contributed by atoms with Gasteiger partial charge in [0, 0.05) is 23.0 Å². The van der Waals surface area contributed by atoms with Crippen LogP contribution in [0.1, 0.15) is 6.42 Å². The molecule has 1 heterocycles. The third-order valence-corrected chi connectivity index (χ3v) is 2.71. The summed E-state index contributed by atoms with van der Waals surface area (Å²) in [5.41, 5.74) is 5.36. The molecule has 0 fully saturated rings. The predicted molar refractivity (Wildman–Crippen MR) is 55.2 cm³/mol. The highest BCUT2D eigenvalue weighted by molar-refractivity contribution is 7.99. The van der Waals surface area contributed by atoms with E-state index in [9.17, 15) is 4.79 Å². The molecule has 1 unspecified atom stereocenters. The van der Waals surface area contributed by atoms with Crippen LogP contribution in [-0.4, -0.2) is 27.9 Å². The van der Waals surface area contributed by atoms with Gasteiger partial charge in [-0.1, -0.05) is 0 Å². The fraction of sp³-hybridized carbons (Fsp3) is 0.333. The maximum Gasteiger partial charge on any atom is 0.320 e. The Bertz CT molecular complexity index is 292. The number of hydrogen-bond donors (Lipinski definition) is 2. The van der Waals surface area contributed by atoms with Crippen molar-refractivity contribution in [3.8, 4) is 0 Å². The zero-order valence-electron chi connectivity index (χ0n) is 7.59. The monoisotopic (exact) mass is 212 g/mol. The number of nitrogens with zero attached hydrogens (tertiary/aromatic N) is 1. The number of rotatable bonds is 5. The predicted octanol–water partition coefficient (Wildman–Crippen LogP) is 0.976. The molecule has 0 aliphatic rings. The largest absolute Gasteiger partial charge is 0.480 e. The maximum atomic E-state index is 10.4. The van der Waals surface area contributed by atoms with Gasteiger partial charge in [0.05, 0.1) is 0 Å². The standard InChI is InChI=1S/C9H12N2O2S/c10-8(9(12)13)3-6-14-7-1-4-11-5-2-7/h1-2,4-5,8H,3,6,10H2,(H,12,13). The Morgan fingerprint density at radius 3 is 2.79 bits per heavy atom. The van der Waals surface area contributed by atoms with Crippen molar-refractivity contribution < 1.29 is 9.90 Å². The first kappa shape index (κ1) is 11.0. The van der Waals surface area contributed by atoms with Crippen LogP contribution in [0.15, 0.2) is 29.4 Å². The fourth-order valence-corrected chi connectivity index (χ4v) is 1.78. The van der Waals surface area contributed by atoms with Gasteiger partial charge in [-0.15, -0.1) is 11.8 Å². The Morgan fingerprint density at radius 1 is 1.57 bits per heavy atom. The van der Waals surface area contributed by atoms with Crippen molar-refractivity contribution in [2.75, 3.05) is 5.75 Å². The van der Waals surface area contributed by atoms with Gasteiger partial charge in [0.25, 0.3) is 0 Å².